The summed E-state index contributed by atoms with van der Waals surface area (Å²) < 4.78 is 5.24. The van der Waals surface area contributed by atoms with E-state index in [2.05, 4.69) is 5.43 Å². The first-order chi connectivity index (χ1) is 9.72. The van der Waals surface area contributed by atoms with Crippen molar-refractivity contribution >= 4 is 23.4 Å². The zero-order valence-corrected chi connectivity index (χ0v) is 12.7. The second-order valence-electron chi connectivity index (χ2n) is 4.26. The third-order valence-electron chi connectivity index (χ3n) is 2.91. The Morgan fingerprint density at radius 3 is 2.75 bits per heavy atom. The summed E-state index contributed by atoms with van der Waals surface area (Å²) in [7, 11) is 1.66. The average Bonchev–Trinajstić information content (AvgIpc) is 2.48. The van der Waals surface area contributed by atoms with Gasteiger partial charge in [0, 0.05) is 15.7 Å². The summed E-state index contributed by atoms with van der Waals surface area (Å²) >= 11 is 7.69. The van der Waals surface area contributed by atoms with Crippen molar-refractivity contribution in [3.63, 3.8) is 0 Å². The summed E-state index contributed by atoms with van der Waals surface area (Å²) in [4.78, 5) is 1.13. The van der Waals surface area contributed by atoms with Crippen LogP contribution < -0.4 is 16.0 Å². The summed E-state index contributed by atoms with van der Waals surface area (Å²) in [5, 5.41) is 0.744. The molecule has 0 saturated carbocycles. The molecule has 5 heteroatoms. The van der Waals surface area contributed by atoms with Gasteiger partial charge in [0.2, 0.25) is 0 Å². The van der Waals surface area contributed by atoms with Crippen LogP contribution in [0.25, 0.3) is 0 Å². The van der Waals surface area contributed by atoms with Crippen molar-refractivity contribution in [3.05, 3.63) is 59.1 Å². The summed E-state index contributed by atoms with van der Waals surface area (Å²) in [5.74, 6) is 7.30. The molecule has 106 valence electrons. The highest BCUT2D eigenvalue weighted by Crippen LogP contribution is 2.27. The van der Waals surface area contributed by atoms with Gasteiger partial charge >= 0.3 is 0 Å². The molecule has 0 aliphatic heterocycles. The minimum absolute atomic E-state index is 0.0501. The van der Waals surface area contributed by atoms with Gasteiger partial charge in [0.15, 0.2) is 0 Å². The predicted octanol–water partition coefficient (Wildman–Crippen LogP) is 3.65. The van der Waals surface area contributed by atoms with Crippen LogP contribution in [0.3, 0.4) is 0 Å². The fourth-order valence-electron chi connectivity index (χ4n) is 1.84. The molecule has 0 aliphatic rings. The van der Waals surface area contributed by atoms with Gasteiger partial charge in [-0.15, -0.1) is 11.8 Å². The van der Waals surface area contributed by atoms with Crippen LogP contribution in [-0.4, -0.2) is 12.9 Å². The van der Waals surface area contributed by atoms with E-state index in [1.54, 1.807) is 18.9 Å². The van der Waals surface area contributed by atoms with Crippen LogP contribution in [-0.2, 0) is 0 Å². The van der Waals surface area contributed by atoms with Gasteiger partial charge in [-0.05, 0) is 35.9 Å². The van der Waals surface area contributed by atoms with E-state index in [4.69, 9.17) is 22.2 Å². The monoisotopic (exact) mass is 308 g/mol. The molecule has 0 fully saturated rings. The SMILES string of the molecule is COc1cccc(C(CSc2cccc(Cl)c2)NN)c1. The Balaban J connectivity index is 2.05. The second-order valence-corrected chi connectivity index (χ2v) is 5.79. The smallest absolute Gasteiger partial charge is 0.119 e. The van der Waals surface area contributed by atoms with Crippen molar-refractivity contribution in [1.29, 1.82) is 0 Å². The van der Waals surface area contributed by atoms with E-state index in [1.165, 1.54) is 0 Å². The molecule has 0 spiro atoms. The number of benzene rings is 2. The highest BCUT2D eigenvalue weighted by Gasteiger charge is 2.11. The molecular formula is C15H17ClN2OS. The van der Waals surface area contributed by atoms with Crippen molar-refractivity contribution < 1.29 is 4.74 Å². The van der Waals surface area contributed by atoms with Crippen LogP contribution in [0.15, 0.2) is 53.4 Å². The van der Waals surface area contributed by atoms with Crippen LogP contribution in [0.4, 0.5) is 0 Å². The normalized spacial score (nSPS) is 12.2. The molecular weight excluding hydrogens is 292 g/mol. The third-order valence-corrected chi connectivity index (χ3v) is 4.23. The van der Waals surface area contributed by atoms with Crippen molar-refractivity contribution in [3.8, 4) is 5.75 Å². The summed E-state index contributed by atoms with van der Waals surface area (Å²) in [6.07, 6.45) is 0. The lowest BCUT2D eigenvalue weighted by Crippen LogP contribution is -2.29. The number of ether oxygens (including phenoxy) is 1. The van der Waals surface area contributed by atoms with E-state index in [1.807, 2.05) is 48.5 Å². The minimum Gasteiger partial charge on any atom is -0.497 e. The standard InChI is InChI=1S/C15H17ClN2OS/c1-19-13-6-2-4-11(8-13)15(18-17)10-20-14-7-3-5-12(16)9-14/h2-9,15,18H,10,17H2,1H3. The van der Waals surface area contributed by atoms with E-state index in [9.17, 15) is 0 Å². The first kappa shape index (κ1) is 15.2. The summed E-state index contributed by atoms with van der Waals surface area (Å²) in [6, 6.07) is 15.8. The fraction of sp³-hybridized carbons (Fsp3) is 0.200. The molecule has 0 amide bonds. The van der Waals surface area contributed by atoms with Crippen molar-refractivity contribution in [2.45, 2.75) is 10.9 Å². The maximum atomic E-state index is 5.98. The molecule has 3 N–H and O–H groups in total. The Morgan fingerprint density at radius 1 is 1.25 bits per heavy atom. The van der Waals surface area contributed by atoms with Crippen molar-refractivity contribution in [2.24, 2.45) is 5.84 Å². The topological polar surface area (TPSA) is 47.3 Å². The first-order valence-corrected chi connectivity index (χ1v) is 7.57. The highest BCUT2D eigenvalue weighted by atomic mass is 35.5. The molecule has 2 rings (SSSR count). The number of nitrogens with two attached hydrogens (primary N) is 1. The number of hydrogen-bond donors (Lipinski definition) is 2. The van der Waals surface area contributed by atoms with Gasteiger partial charge in [-0.25, -0.2) is 0 Å². The molecule has 0 radical (unpaired) electrons. The zero-order valence-electron chi connectivity index (χ0n) is 11.2. The minimum atomic E-state index is 0.0501. The predicted molar refractivity (Wildman–Crippen MR) is 85.2 cm³/mol. The molecule has 2 aromatic rings. The van der Waals surface area contributed by atoms with E-state index < -0.39 is 0 Å². The molecule has 1 unspecified atom stereocenters. The molecule has 0 heterocycles. The number of halogens is 1. The van der Waals surface area contributed by atoms with Crippen LogP contribution >= 0.6 is 23.4 Å². The first-order valence-electron chi connectivity index (χ1n) is 6.21. The Kier molecular flexibility index (Phi) is 5.73. The Labute approximate surface area is 128 Å². The van der Waals surface area contributed by atoms with Crippen molar-refractivity contribution in [1.82, 2.24) is 5.43 Å². The van der Waals surface area contributed by atoms with E-state index in [0.717, 1.165) is 27.0 Å². The van der Waals surface area contributed by atoms with Gasteiger partial charge in [-0.1, -0.05) is 29.8 Å². The molecule has 0 bridgehead atoms. The molecule has 2 aromatic carbocycles. The van der Waals surface area contributed by atoms with E-state index in [0.29, 0.717) is 0 Å². The Morgan fingerprint density at radius 2 is 2.05 bits per heavy atom. The van der Waals surface area contributed by atoms with Gasteiger partial charge in [0.1, 0.15) is 5.75 Å². The molecule has 0 aliphatic carbocycles. The number of nitrogens with one attached hydrogen (secondary N) is 1. The second kappa shape index (κ2) is 7.55. The quantitative estimate of drug-likeness (QED) is 0.486. The maximum absolute atomic E-state index is 5.98. The molecule has 3 nitrogen and oxygen atoms in total. The lowest BCUT2D eigenvalue weighted by atomic mass is 10.1. The Bertz CT molecular complexity index is 565. The number of methoxy groups -OCH3 is 1. The number of thioether (sulfide) groups is 1. The van der Waals surface area contributed by atoms with Gasteiger partial charge < -0.3 is 4.74 Å². The fourth-order valence-corrected chi connectivity index (χ4v) is 3.12. The van der Waals surface area contributed by atoms with Gasteiger partial charge in [0.25, 0.3) is 0 Å². The van der Waals surface area contributed by atoms with Gasteiger partial charge in [0.05, 0.1) is 13.2 Å². The number of hydrazine groups is 1. The average molecular weight is 309 g/mol. The highest BCUT2D eigenvalue weighted by molar-refractivity contribution is 7.99. The van der Waals surface area contributed by atoms with E-state index in [-0.39, 0.29) is 6.04 Å². The zero-order chi connectivity index (χ0) is 14.4. The lowest BCUT2D eigenvalue weighted by Gasteiger charge is -2.16. The summed E-state index contributed by atoms with van der Waals surface area (Å²) in [6.45, 7) is 0. The maximum Gasteiger partial charge on any atom is 0.119 e. The van der Waals surface area contributed by atoms with Crippen LogP contribution in [0, 0.1) is 0 Å². The van der Waals surface area contributed by atoms with Gasteiger partial charge in [-0.2, -0.15) is 0 Å². The van der Waals surface area contributed by atoms with Crippen LogP contribution in [0.5, 0.6) is 5.75 Å². The van der Waals surface area contributed by atoms with Gasteiger partial charge in [-0.3, -0.25) is 11.3 Å². The van der Waals surface area contributed by atoms with Crippen molar-refractivity contribution in [2.75, 3.05) is 12.9 Å². The third kappa shape index (κ3) is 4.15. The Hall–Kier alpha value is -1.20. The lowest BCUT2D eigenvalue weighted by molar-refractivity contribution is 0.413. The van der Waals surface area contributed by atoms with Crippen LogP contribution in [0.2, 0.25) is 5.02 Å². The summed E-state index contributed by atoms with van der Waals surface area (Å²) in [5.41, 5.74) is 3.94. The number of rotatable bonds is 6. The molecule has 0 aromatic heterocycles. The molecule has 0 saturated heterocycles. The number of hydrogen-bond acceptors (Lipinski definition) is 4. The molecule has 20 heavy (non-hydrogen) atoms. The largest absolute Gasteiger partial charge is 0.497 e. The van der Waals surface area contributed by atoms with E-state index >= 15 is 0 Å². The van der Waals surface area contributed by atoms with Crippen LogP contribution in [0.1, 0.15) is 11.6 Å². The molecule has 1 atom stereocenters.